The van der Waals surface area contributed by atoms with Gasteiger partial charge in [0.1, 0.15) is 11.4 Å². The molecule has 0 radical (unpaired) electrons. The number of ether oxygens (including phenoxy) is 1. The Hall–Kier alpha value is -0.980. The lowest BCUT2D eigenvalue weighted by molar-refractivity contribution is -0.121. The average Bonchev–Trinajstić information content (AvgIpc) is 2.72. The van der Waals surface area contributed by atoms with Gasteiger partial charge in [-0.25, -0.2) is 4.39 Å². The number of amides is 1. The summed E-state index contributed by atoms with van der Waals surface area (Å²) in [6.45, 7) is 0.610. The Morgan fingerprint density at radius 3 is 3.00 bits per heavy atom. The summed E-state index contributed by atoms with van der Waals surface area (Å²) in [4.78, 5) is 11.9. The molecule has 0 spiro atoms. The van der Waals surface area contributed by atoms with Gasteiger partial charge in [-0.2, -0.15) is 0 Å². The molecule has 1 saturated heterocycles. The Morgan fingerprint density at radius 2 is 2.35 bits per heavy atom. The zero-order valence-electron chi connectivity index (χ0n) is 9.00. The third-order valence-corrected chi connectivity index (χ3v) is 3.17. The SMILES string of the molecule is NC1(C(=O)Nc2cc(Br)ccc2F)CCOC1. The summed E-state index contributed by atoms with van der Waals surface area (Å²) in [6.07, 6.45) is 0.439. The summed E-state index contributed by atoms with van der Waals surface area (Å²) < 4.78 is 19.2. The van der Waals surface area contributed by atoms with Crippen molar-refractivity contribution in [3.63, 3.8) is 0 Å². The van der Waals surface area contributed by atoms with Crippen molar-refractivity contribution in [2.45, 2.75) is 12.0 Å². The van der Waals surface area contributed by atoms with E-state index in [2.05, 4.69) is 21.2 Å². The predicted molar refractivity (Wildman–Crippen MR) is 65.1 cm³/mol. The molecule has 0 saturated carbocycles. The number of halogens is 2. The van der Waals surface area contributed by atoms with Gasteiger partial charge in [0.2, 0.25) is 5.91 Å². The Labute approximate surface area is 106 Å². The molecule has 92 valence electrons. The molecule has 1 aromatic rings. The van der Waals surface area contributed by atoms with E-state index in [1.807, 2.05) is 0 Å². The Bertz CT molecular complexity index is 447. The van der Waals surface area contributed by atoms with Crippen molar-refractivity contribution in [1.29, 1.82) is 0 Å². The highest BCUT2D eigenvalue weighted by molar-refractivity contribution is 9.10. The Kier molecular flexibility index (Phi) is 3.46. The van der Waals surface area contributed by atoms with E-state index in [9.17, 15) is 9.18 Å². The number of rotatable bonds is 2. The minimum absolute atomic E-state index is 0.112. The number of carbonyl (C=O) groups is 1. The Morgan fingerprint density at radius 1 is 1.59 bits per heavy atom. The maximum Gasteiger partial charge on any atom is 0.247 e. The van der Waals surface area contributed by atoms with Crippen molar-refractivity contribution >= 4 is 27.5 Å². The van der Waals surface area contributed by atoms with E-state index >= 15 is 0 Å². The summed E-state index contributed by atoms with van der Waals surface area (Å²) in [5.74, 6) is -0.920. The first-order valence-electron chi connectivity index (χ1n) is 5.14. The molecule has 1 fully saturated rings. The smallest absolute Gasteiger partial charge is 0.247 e. The molecule has 1 amide bonds. The van der Waals surface area contributed by atoms with E-state index in [1.165, 1.54) is 12.1 Å². The maximum atomic E-state index is 13.4. The molecule has 1 aliphatic rings. The van der Waals surface area contributed by atoms with Crippen LogP contribution in [0.1, 0.15) is 6.42 Å². The fraction of sp³-hybridized carbons (Fsp3) is 0.364. The van der Waals surface area contributed by atoms with E-state index in [-0.39, 0.29) is 12.3 Å². The van der Waals surface area contributed by atoms with Crippen molar-refractivity contribution < 1.29 is 13.9 Å². The van der Waals surface area contributed by atoms with Crippen LogP contribution >= 0.6 is 15.9 Å². The normalized spacial score (nSPS) is 23.7. The summed E-state index contributed by atoms with van der Waals surface area (Å²) in [5.41, 5.74) is 4.92. The summed E-state index contributed by atoms with van der Waals surface area (Å²) in [6, 6.07) is 4.32. The summed E-state index contributed by atoms with van der Waals surface area (Å²) in [5, 5.41) is 2.48. The van der Waals surface area contributed by atoms with Crippen molar-refractivity contribution in [1.82, 2.24) is 0 Å². The van der Waals surface area contributed by atoms with Gasteiger partial charge in [-0.05, 0) is 24.6 Å². The van der Waals surface area contributed by atoms with Crippen molar-refractivity contribution in [3.05, 3.63) is 28.5 Å². The van der Waals surface area contributed by atoms with Crippen LogP contribution in [0.15, 0.2) is 22.7 Å². The Balaban J connectivity index is 2.15. The highest BCUT2D eigenvalue weighted by Crippen LogP contribution is 2.23. The van der Waals surface area contributed by atoms with Crippen LogP contribution in [0.4, 0.5) is 10.1 Å². The van der Waals surface area contributed by atoms with Crippen molar-refractivity contribution in [2.75, 3.05) is 18.5 Å². The molecule has 1 atom stereocenters. The monoisotopic (exact) mass is 302 g/mol. The first-order chi connectivity index (χ1) is 8.01. The summed E-state index contributed by atoms with van der Waals surface area (Å²) >= 11 is 3.21. The van der Waals surface area contributed by atoms with Gasteiger partial charge < -0.3 is 15.8 Å². The standard InChI is InChI=1S/C11H12BrFN2O2/c12-7-1-2-8(13)9(5-7)15-10(16)11(14)3-4-17-6-11/h1-2,5H,3-4,6,14H2,(H,15,16). The molecule has 3 N–H and O–H groups in total. The molecule has 1 aromatic carbocycles. The molecule has 1 heterocycles. The zero-order chi connectivity index (χ0) is 12.5. The van der Waals surface area contributed by atoms with Crippen LogP contribution in [0.3, 0.4) is 0 Å². The molecule has 2 rings (SSSR count). The fourth-order valence-electron chi connectivity index (χ4n) is 1.60. The molecule has 4 nitrogen and oxygen atoms in total. The van der Waals surface area contributed by atoms with Crippen LogP contribution in [0.25, 0.3) is 0 Å². The predicted octanol–water partition coefficient (Wildman–Crippen LogP) is 1.64. The van der Waals surface area contributed by atoms with Gasteiger partial charge in [0, 0.05) is 11.1 Å². The number of hydrogen-bond donors (Lipinski definition) is 2. The molecule has 1 aliphatic heterocycles. The summed E-state index contributed by atoms with van der Waals surface area (Å²) in [7, 11) is 0. The van der Waals surface area contributed by atoms with Gasteiger partial charge in [0.25, 0.3) is 0 Å². The lowest BCUT2D eigenvalue weighted by Gasteiger charge is -2.20. The first-order valence-corrected chi connectivity index (χ1v) is 5.94. The molecule has 0 bridgehead atoms. The zero-order valence-corrected chi connectivity index (χ0v) is 10.6. The lowest BCUT2D eigenvalue weighted by atomic mass is 9.99. The van der Waals surface area contributed by atoms with E-state index < -0.39 is 17.3 Å². The fourth-order valence-corrected chi connectivity index (χ4v) is 1.96. The highest BCUT2D eigenvalue weighted by atomic mass is 79.9. The van der Waals surface area contributed by atoms with Crippen molar-refractivity contribution in [3.8, 4) is 0 Å². The van der Waals surface area contributed by atoms with Crippen LogP contribution < -0.4 is 11.1 Å². The lowest BCUT2D eigenvalue weighted by Crippen LogP contribution is -2.51. The maximum absolute atomic E-state index is 13.4. The quantitative estimate of drug-likeness (QED) is 0.873. The minimum atomic E-state index is -1.06. The number of carbonyl (C=O) groups excluding carboxylic acids is 1. The topological polar surface area (TPSA) is 64.4 Å². The van der Waals surface area contributed by atoms with E-state index in [0.29, 0.717) is 17.5 Å². The van der Waals surface area contributed by atoms with Crippen LogP contribution in [0, 0.1) is 5.82 Å². The van der Waals surface area contributed by atoms with Crippen LogP contribution in [-0.4, -0.2) is 24.7 Å². The number of nitrogens with two attached hydrogens (primary N) is 1. The van der Waals surface area contributed by atoms with Crippen molar-refractivity contribution in [2.24, 2.45) is 5.73 Å². The van der Waals surface area contributed by atoms with E-state index in [0.717, 1.165) is 0 Å². The van der Waals surface area contributed by atoms with Gasteiger partial charge in [-0.3, -0.25) is 4.79 Å². The first kappa shape index (κ1) is 12.5. The molecule has 0 aromatic heterocycles. The molecule has 1 unspecified atom stereocenters. The number of anilines is 1. The van der Waals surface area contributed by atoms with E-state index in [1.54, 1.807) is 6.07 Å². The molecule has 17 heavy (non-hydrogen) atoms. The number of hydrogen-bond acceptors (Lipinski definition) is 3. The molecular weight excluding hydrogens is 291 g/mol. The highest BCUT2D eigenvalue weighted by Gasteiger charge is 2.38. The van der Waals surface area contributed by atoms with Gasteiger partial charge in [-0.1, -0.05) is 15.9 Å². The second-order valence-corrected chi connectivity index (χ2v) is 4.95. The van der Waals surface area contributed by atoms with Crippen LogP contribution in [0.5, 0.6) is 0 Å². The largest absolute Gasteiger partial charge is 0.379 e. The second-order valence-electron chi connectivity index (χ2n) is 4.04. The molecular formula is C11H12BrFN2O2. The average molecular weight is 303 g/mol. The van der Waals surface area contributed by atoms with Gasteiger partial charge in [0.05, 0.1) is 12.3 Å². The second kappa shape index (κ2) is 4.72. The van der Waals surface area contributed by atoms with Gasteiger partial charge in [0.15, 0.2) is 0 Å². The third-order valence-electron chi connectivity index (χ3n) is 2.68. The molecule has 6 heteroatoms. The van der Waals surface area contributed by atoms with Crippen LogP contribution in [0.2, 0.25) is 0 Å². The van der Waals surface area contributed by atoms with Gasteiger partial charge >= 0.3 is 0 Å². The van der Waals surface area contributed by atoms with E-state index in [4.69, 9.17) is 10.5 Å². The minimum Gasteiger partial charge on any atom is -0.379 e. The number of benzene rings is 1. The number of nitrogens with one attached hydrogen (secondary N) is 1. The van der Waals surface area contributed by atoms with Crippen LogP contribution in [-0.2, 0) is 9.53 Å². The third kappa shape index (κ3) is 2.65. The molecule has 0 aliphatic carbocycles. The van der Waals surface area contributed by atoms with Gasteiger partial charge in [-0.15, -0.1) is 0 Å².